The maximum Gasteiger partial charge on any atom is 0.288 e. The van der Waals surface area contributed by atoms with Crippen LogP contribution in [0.4, 0.5) is 0 Å². The maximum absolute atomic E-state index is 12.3. The first-order valence-corrected chi connectivity index (χ1v) is 6.99. The lowest BCUT2D eigenvalue weighted by atomic mass is 10.1. The van der Waals surface area contributed by atoms with Crippen molar-refractivity contribution >= 4 is 5.91 Å². The molecule has 1 atom stereocenters. The first-order valence-electron chi connectivity index (χ1n) is 6.99. The summed E-state index contributed by atoms with van der Waals surface area (Å²) in [5.41, 5.74) is 1.27. The topological polar surface area (TPSA) is 84.5 Å². The smallest absolute Gasteiger partial charge is 0.288 e. The van der Waals surface area contributed by atoms with Gasteiger partial charge in [0.15, 0.2) is 5.76 Å². The minimum absolute atomic E-state index is 0.204. The van der Waals surface area contributed by atoms with E-state index >= 15 is 0 Å². The summed E-state index contributed by atoms with van der Waals surface area (Å²) in [4.78, 5) is 12.3. The van der Waals surface area contributed by atoms with E-state index in [1.54, 1.807) is 45.2 Å². The van der Waals surface area contributed by atoms with E-state index < -0.39 is 11.9 Å². The molecular formula is C17H18N2O4. The fraction of sp³-hybridized carbons (Fsp3) is 0.294. The Hall–Kier alpha value is -2.94. The van der Waals surface area contributed by atoms with Crippen LogP contribution >= 0.6 is 0 Å². The Labute approximate surface area is 134 Å². The number of hydrogen-bond acceptors (Lipinski definition) is 5. The molecule has 1 N–H and O–H groups in total. The van der Waals surface area contributed by atoms with Crippen LogP contribution in [0.1, 0.15) is 33.5 Å². The number of nitrogens with zero attached hydrogens (tertiary/aromatic N) is 1. The number of rotatable bonds is 5. The number of aryl methyl sites for hydroxylation is 2. The average molecular weight is 314 g/mol. The SMILES string of the molecule is COc1ccc(C(C#N)NC(=O)c2oc(C)cc2C)c(OC)c1. The van der Waals surface area contributed by atoms with E-state index in [4.69, 9.17) is 13.9 Å². The molecule has 6 nitrogen and oxygen atoms in total. The summed E-state index contributed by atoms with van der Waals surface area (Å²) in [6, 6.07) is 8.02. The molecular weight excluding hydrogens is 296 g/mol. The molecule has 120 valence electrons. The third-order valence-electron chi connectivity index (χ3n) is 3.40. The van der Waals surface area contributed by atoms with Crippen LogP contribution in [0, 0.1) is 25.2 Å². The number of carbonyl (C=O) groups is 1. The monoisotopic (exact) mass is 314 g/mol. The van der Waals surface area contributed by atoms with Crippen molar-refractivity contribution in [2.24, 2.45) is 0 Å². The van der Waals surface area contributed by atoms with Gasteiger partial charge in [0.2, 0.25) is 0 Å². The Kier molecular flexibility index (Phi) is 4.91. The van der Waals surface area contributed by atoms with Gasteiger partial charge in [0.25, 0.3) is 5.91 Å². The summed E-state index contributed by atoms with van der Waals surface area (Å²) < 4.78 is 15.8. The molecule has 23 heavy (non-hydrogen) atoms. The van der Waals surface area contributed by atoms with Gasteiger partial charge in [0, 0.05) is 17.2 Å². The van der Waals surface area contributed by atoms with Crippen molar-refractivity contribution in [3.05, 3.63) is 46.9 Å². The molecule has 1 unspecified atom stereocenters. The summed E-state index contributed by atoms with van der Waals surface area (Å²) in [5, 5.41) is 12.1. The number of amides is 1. The number of hydrogen-bond donors (Lipinski definition) is 1. The summed E-state index contributed by atoms with van der Waals surface area (Å²) in [5.74, 6) is 1.47. The molecule has 0 aliphatic rings. The number of nitrogens with one attached hydrogen (secondary N) is 1. The van der Waals surface area contributed by atoms with Crippen molar-refractivity contribution in [1.82, 2.24) is 5.32 Å². The zero-order chi connectivity index (χ0) is 17.0. The van der Waals surface area contributed by atoms with Crippen molar-refractivity contribution in [1.29, 1.82) is 5.26 Å². The first-order chi connectivity index (χ1) is 11.0. The standard InChI is InChI=1S/C17H18N2O4/c1-10-7-11(2)23-16(10)17(20)19-14(9-18)13-6-5-12(21-3)8-15(13)22-4/h5-8,14H,1-4H3,(H,19,20). The van der Waals surface area contributed by atoms with Crippen LogP contribution in [-0.4, -0.2) is 20.1 Å². The molecule has 0 aliphatic carbocycles. The molecule has 2 rings (SSSR count). The Bertz CT molecular complexity index is 758. The molecule has 6 heteroatoms. The molecule has 1 aromatic carbocycles. The summed E-state index contributed by atoms with van der Waals surface area (Å²) in [7, 11) is 3.04. The number of ether oxygens (including phenoxy) is 2. The van der Waals surface area contributed by atoms with Gasteiger partial charge < -0.3 is 19.2 Å². The van der Waals surface area contributed by atoms with Crippen LogP contribution in [0.3, 0.4) is 0 Å². The predicted octanol–water partition coefficient (Wildman–Crippen LogP) is 2.91. The molecule has 1 amide bonds. The van der Waals surface area contributed by atoms with Crippen molar-refractivity contribution in [3.8, 4) is 17.6 Å². The van der Waals surface area contributed by atoms with E-state index in [1.165, 1.54) is 7.11 Å². The molecule has 0 radical (unpaired) electrons. The fourth-order valence-electron chi connectivity index (χ4n) is 2.30. The van der Waals surface area contributed by atoms with Crippen LogP contribution in [0.25, 0.3) is 0 Å². The Morgan fingerprint density at radius 2 is 2.00 bits per heavy atom. The quantitative estimate of drug-likeness (QED) is 0.917. The largest absolute Gasteiger partial charge is 0.497 e. The fourth-order valence-corrected chi connectivity index (χ4v) is 2.30. The van der Waals surface area contributed by atoms with Crippen LogP contribution in [0.5, 0.6) is 11.5 Å². The van der Waals surface area contributed by atoms with E-state index in [9.17, 15) is 10.1 Å². The second kappa shape index (κ2) is 6.88. The van der Waals surface area contributed by atoms with Gasteiger partial charge >= 0.3 is 0 Å². The van der Waals surface area contributed by atoms with Crippen molar-refractivity contribution in [3.63, 3.8) is 0 Å². The van der Waals surface area contributed by atoms with E-state index in [1.807, 2.05) is 0 Å². The lowest BCUT2D eigenvalue weighted by molar-refractivity contribution is 0.0914. The molecule has 0 bridgehead atoms. The molecule has 0 fully saturated rings. The second-order valence-corrected chi connectivity index (χ2v) is 5.01. The average Bonchev–Trinajstić information content (AvgIpc) is 2.90. The summed E-state index contributed by atoms with van der Waals surface area (Å²) in [6.07, 6.45) is 0. The van der Waals surface area contributed by atoms with Gasteiger partial charge in [0.05, 0.1) is 20.3 Å². The molecule has 0 spiro atoms. The van der Waals surface area contributed by atoms with E-state index in [2.05, 4.69) is 11.4 Å². The normalized spacial score (nSPS) is 11.4. The van der Waals surface area contributed by atoms with Gasteiger partial charge in [-0.15, -0.1) is 0 Å². The lowest BCUT2D eigenvalue weighted by Gasteiger charge is -2.15. The Morgan fingerprint density at radius 1 is 1.26 bits per heavy atom. The zero-order valence-corrected chi connectivity index (χ0v) is 13.5. The number of carbonyl (C=O) groups excluding carboxylic acids is 1. The molecule has 0 saturated heterocycles. The molecule has 0 aliphatic heterocycles. The molecule has 2 aromatic rings. The van der Waals surface area contributed by atoms with Gasteiger partial charge in [-0.25, -0.2) is 0 Å². The third-order valence-corrected chi connectivity index (χ3v) is 3.40. The highest BCUT2D eigenvalue weighted by Gasteiger charge is 2.22. The van der Waals surface area contributed by atoms with Gasteiger partial charge in [-0.2, -0.15) is 5.26 Å². The maximum atomic E-state index is 12.3. The predicted molar refractivity (Wildman–Crippen MR) is 83.5 cm³/mol. The molecule has 0 saturated carbocycles. The van der Waals surface area contributed by atoms with E-state index in [0.717, 1.165) is 5.56 Å². The van der Waals surface area contributed by atoms with Gasteiger partial charge in [0.1, 0.15) is 23.3 Å². The third kappa shape index (κ3) is 3.46. The number of nitriles is 1. The first kappa shape index (κ1) is 16.4. The van der Waals surface area contributed by atoms with Crippen molar-refractivity contribution < 1.29 is 18.7 Å². The van der Waals surface area contributed by atoms with Crippen molar-refractivity contribution in [2.75, 3.05) is 14.2 Å². The number of methoxy groups -OCH3 is 2. The van der Waals surface area contributed by atoms with Crippen LogP contribution in [-0.2, 0) is 0 Å². The van der Waals surface area contributed by atoms with E-state index in [-0.39, 0.29) is 5.76 Å². The van der Waals surface area contributed by atoms with Gasteiger partial charge in [-0.1, -0.05) is 0 Å². The van der Waals surface area contributed by atoms with Crippen LogP contribution in [0.2, 0.25) is 0 Å². The number of furan rings is 1. The minimum Gasteiger partial charge on any atom is -0.497 e. The highest BCUT2D eigenvalue weighted by atomic mass is 16.5. The highest BCUT2D eigenvalue weighted by molar-refractivity contribution is 5.93. The molecule has 1 heterocycles. The van der Waals surface area contributed by atoms with Crippen molar-refractivity contribution in [2.45, 2.75) is 19.9 Å². The van der Waals surface area contributed by atoms with Gasteiger partial charge in [-0.05, 0) is 32.0 Å². The minimum atomic E-state index is -0.867. The summed E-state index contributed by atoms with van der Waals surface area (Å²) in [6.45, 7) is 3.54. The van der Waals surface area contributed by atoms with Gasteiger partial charge in [-0.3, -0.25) is 4.79 Å². The van der Waals surface area contributed by atoms with Crippen LogP contribution in [0.15, 0.2) is 28.7 Å². The van der Waals surface area contributed by atoms with E-state index in [0.29, 0.717) is 22.8 Å². The zero-order valence-electron chi connectivity index (χ0n) is 13.5. The van der Waals surface area contributed by atoms with Crippen LogP contribution < -0.4 is 14.8 Å². The lowest BCUT2D eigenvalue weighted by Crippen LogP contribution is -2.28. The second-order valence-electron chi connectivity index (χ2n) is 5.01. The number of benzene rings is 1. The molecule has 1 aromatic heterocycles. The highest BCUT2D eigenvalue weighted by Crippen LogP contribution is 2.29. The Morgan fingerprint density at radius 3 is 2.52 bits per heavy atom. The Balaban J connectivity index is 2.29. The summed E-state index contributed by atoms with van der Waals surface area (Å²) >= 11 is 0.